The van der Waals surface area contributed by atoms with Gasteiger partial charge in [0.25, 0.3) is 0 Å². The Morgan fingerprint density at radius 2 is 1.29 bits per heavy atom. The molecular formula is C8H10Br2O4. The number of cyclic esters (lactones) is 2. The Labute approximate surface area is 98.6 Å². The van der Waals surface area contributed by atoms with Gasteiger partial charge in [-0.25, -0.2) is 9.59 Å². The summed E-state index contributed by atoms with van der Waals surface area (Å²) in [5, 5.41) is 0.450. The van der Waals surface area contributed by atoms with Gasteiger partial charge in [0.1, 0.15) is 0 Å². The Morgan fingerprint density at radius 1 is 1.00 bits per heavy atom. The molecule has 1 rings (SSSR count). The van der Waals surface area contributed by atoms with E-state index in [-0.39, 0.29) is 10.7 Å². The summed E-state index contributed by atoms with van der Waals surface area (Å²) in [7, 11) is 0. The maximum absolute atomic E-state index is 11.5. The summed E-state index contributed by atoms with van der Waals surface area (Å²) < 4.78 is 10.1. The van der Waals surface area contributed by atoms with Crippen LogP contribution in [0.3, 0.4) is 0 Å². The number of rotatable bonds is 2. The van der Waals surface area contributed by atoms with Gasteiger partial charge in [0.2, 0.25) is 11.2 Å². The molecule has 0 bridgehead atoms. The summed E-state index contributed by atoms with van der Waals surface area (Å²) in [6, 6.07) is 0. The van der Waals surface area contributed by atoms with Crippen molar-refractivity contribution in [1.82, 2.24) is 0 Å². The van der Waals surface area contributed by atoms with E-state index < -0.39 is 23.1 Å². The van der Waals surface area contributed by atoms with E-state index in [0.29, 0.717) is 0 Å². The molecular weight excluding hydrogens is 320 g/mol. The smallest absolute Gasteiger partial charge is 0.352 e. The molecule has 0 amide bonds. The molecule has 2 atom stereocenters. The summed E-state index contributed by atoms with van der Waals surface area (Å²) in [6.45, 7) is 3.02. The van der Waals surface area contributed by atoms with Crippen LogP contribution >= 0.6 is 31.9 Å². The predicted molar refractivity (Wildman–Crippen MR) is 56.6 cm³/mol. The molecule has 1 aliphatic heterocycles. The summed E-state index contributed by atoms with van der Waals surface area (Å²) in [5.41, 5.74) is -2.42. The van der Waals surface area contributed by atoms with E-state index in [4.69, 9.17) is 9.47 Å². The lowest BCUT2D eigenvalue weighted by Gasteiger charge is -2.38. The van der Waals surface area contributed by atoms with Gasteiger partial charge in [0.05, 0.1) is 10.7 Å². The second kappa shape index (κ2) is 3.81. The van der Waals surface area contributed by atoms with Gasteiger partial charge in [0, 0.05) is 0 Å². The fourth-order valence-electron chi connectivity index (χ4n) is 0.872. The van der Waals surface area contributed by atoms with Crippen LogP contribution in [-0.4, -0.2) is 33.8 Å². The van der Waals surface area contributed by atoms with Crippen molar-refractivity contribution in [1.29, 1.82) is 0 Å². The molecule has 1 saturated heterocycles. The number of ether oxygens (including phenoxy) is 2. The maximum Gasteiger partial charge on any atom is 0.352 e. The van der Waals surface area contributed by atoms with E-state index in [1.54, 1.807) is 0 Å². The van der Waals surface area contributed by atoms with Crippen LogP contribution in [0.5, 0.6) is 0 Å². The van der Waals surface area contributed by atoms with E-state index in [1.807, 2.05) is 0 Å². The van der Waals surface area contributed by atoms with Gasteiger partial charge in [-0.2, -0.15) is 0 Å². The highest BCUT2D eigenvalue weighted by Gasteiger charge is 2.52. The van der Waals surface area contributed by atoms with E-state index >= 15 is 0 Å². The normalized spacial score (nSPS) is 37.7. The third-order valence-corrected chi connectivity index (χ3v) is 4.15. The first-order valence-corrected chi connectivity index (χ1v) is 6.21. The fraction of sp³-hybridized carbons (Fsp3) is 0.750. The van der Waals surface area contributed by atoms with E-state index in [0.717, 1.165) is 0 Å². The van der Waals surface area contributed by atoms with Crippen molar-refractivity contribution < 1.29 is 19.1 Å². The highest BCUT2D eigenvalue weighted by molar-refractivity contribution is 9.09. The Kier molecular flexibility index (Phi) is 3.26. The molecule has 1 aliphatic rings. The molecule has 0 radical (unpaired) electrons. The summed E-state index contributed by atoms with van der Waals surface area (Å²) >= 11 is 6.21. The number of carbonyl (C=O) groups excluding carboxylic acids is 2. The van der Waals surface area contributed by atoms with E-state index in [2.05, 4.69) is 31.9 Å². The monoisotopic (exact) mass is 328 g/mol. The van der Waals surface area contributed by atoms with Gasteiger partial charge in [-0.1, -0.05) is 31.9 Å². The first-order valence-electron chi connectivity index (χ1n) is 3.97. The minimum Gasteiger partial charge on any atom is -0.443 e. The molecule has 0 N–H and O–H groups in total. The first-order chi connectivity index (χ1) is 6.38. The van der Waals surface area contributed by atoms with Crippen LogP contribution in [0.4, 0.5) is 0 Å². The Hall–Kier alpha value is -0.100. The second-order valence-electron chi connectivity index (χ2n) is 3.51. The maximum atomic E-state index is 11.5. The largest absolute Gasteiger partial charge is 0.443 e. The average molecular weight is 330 g/mol. The molecule has 80 valence electrons. The minimum atomic E-state index is -1.21. The topological polar surface area (TPSA) is 52.6 Å². The summed E-state index contributed by atoms with van der Waals surface area (Å²) in [4.78, 5) is 23.0. The molecule has 0 saturated carbocycles. The Morgan fingerprint density at radius 3 is 1.50 bits per heavy atom. The molecule has 14 heavy (non-hydrogen) atoms. The third-order valence-electron chi connectivity index (χ3n) is 2.01. The number of halogens is 2. The summed E-state index contributed by atoms with van der Waals surface area (Å²) in [6.07, 6.45) is 0. The molecule has 6 heteroatoms. The zero-order valence-corrected chi connectivity index (χ0v) is 11.0. The minimum absolute atomic E-state index is 0.225. The molecule has 4 nitrogen and oxygen atoms in total. The molecule has 0 aromatic rings. The molecule has 1 fully saturated rings. The van der Waals surface area contributed by atoms with Gasteiger partial charge in [0.15, 0.2) is 0 Å². The number of esters is 2. The van der Waals surface area contributed by atoms with Crippen molar-refractivity contribution in [2.75, 3.05) is 10.7 Å². The van der Waals surface area contributed by atoms with Crippen LogP contribution in [0.25, 0.3) is 0 Å². The van der Waals surface area contributed by atoms with Crippen molar-refractivity contribution in [3.63, 3.8) is 0 Å². The van der Waals surface area contributed by atoms with Crippen LogP contribution in [0.2, 0.25) is 0 Å². The van der Waals surface area contributed by atoms with Gasteiger partial charge in [-0.15, -0.1) is 0 Å². The van der Waals surface area contributed by atoms with E-state index in [9.17, 15) is 9.59 Å². The van der Waals surface area contributed by atoms with Crippen LogP contribution in [0, 0.1) is 0 Å². The van der Waals surface area contributed by atoms with Crippen molar-refractivity contribution in [3.8, 4) is 0 Å². The predicted octanol–water partition coefficient (Wildman–Crippen LogP) is 1.39. The highest BCUT2D eigenvalue weighted by atomic mass is 79.9. The molecule has 0 aromatic carbocycles. The Balaban J connectivity index is 2.93. The van der Waals surface area contributed by atoms with Crippen molar-refractivity contribution in [2.45, 2.75) is 25.0 Å². The number of hydrogen-bond donors (Lipinski definition) is 0. The average Bonchev–Trinajstić information content (AvgIpc) is 2.15. The van der Waals surface area contributed by atoms with Gasteiger partial charge in [-0.05, 0) is 13.8 Å². The molecule has 0 aliphatic carbocycles. The zero-order valence-electron chi connectivity index (χ0n) is 7.80. The summed E-state index contributed by atoms with van der Waals surface area (Å²) in [5.74, 6) is -1.06. The lowest BCUT2D eigenvalue weighted by atomic mass is 10.0. The van der Waals surface area contributed by atoms with E-state index in [1.165, 1.54) is 13.8 Å². The van der Waals surface area contributed by atoms with Crippen LogP contribution in [0.15, 0.2) is 0 Å². The van der Waals surface area contributed by atoms with Gasteiger partial charge in [-0.3, -0.25) is 0 Å². The molecule has 0 spiro atoms. The number of carbonyl (C=O) groups is 2. The standard InChI is InChI=1S/C8H10Br2O4/c1-7(3-9)5(11)14-8(2,4-10)6(12)13-7/h3-4H2,1-2H3/t7-,8-/m0/s1. The Bertz CT molecular complexity index is 253. The third kappa shape index (κ3) is 1.82. The van der Waals surface area contributed by atoms with Crippen molar-refractivity contribution in [2.24, 2.45) is 0 Å². The van der Waals surface area contributed by atoms with Gasteiger partial charge >= 0.3 is 11.9 Å². The SMILES string of the molecule is C[C@@]1(CBr)OC(=O)[C@](C)(CBr)OC1=O. The molecule has 0 unspecified atom stereocenters. The quantitative estimate of drug-likeness (QED) is 0.567. The number of hydrogen-bond acceptors (Lipinski definition) is 4. The van der Waals surface area contributed by atoms with Gasteiger partial charge < -0.3 is 9.47 Å². The highest BCUT2D eigenvalue weighted by Crippen LogP contribution is 2.30. The lowest BCUT2D eigenvalue weighted by Crippen LogP contribution is -2.59. The second-order valence-corrected chi connectivity index (χ2v) is 4.63. The van der Waals surface area contributed by atoms with Crippen molar-refractivity contribution in [3.05, 3.63) is 0 Å². The fourth-order valence-corrected chi connectivity index (χ4v) is 1.56. The van der Waals surface area contributed by atoms with Crippen LogP contribution in [-0.2, 0) is 19.1 Å². The van der Waals surface area contributed by atoms with Crippen molar-refractivity contribution >= 4 is 43.8 Å². The van der Waals surface area contributed by atoms with Crippen LogP contribution < -0.4 is 0 Å². The van der Waals surface area contributed by atoms with Crippen LogP contribution in [0.1, 0.15) is 13.8 Å². The zero-order chi connectivity index (χ0) is 11.0. The molecule has 0 aromatic heterocycles. The number of alkyl halides is 2. The lowest BCUT2D eigenvalue weighted by molar-refractivity contribution is -0.216. The molecule has 1 heterocycles. The first kappa shape index (κ1) is 12.0.